The van der Waals surface area contributed by atoms with Gasteiger partial charge < -0.3 is 14.6 Å². The molecule has 4 rings (SSSR count). The Kier molecular flexibility index (Phi) is 5.38. The van der Waals surface area contributed by atoms with E-state index in [1.165, 1.54) is 10.9 Å². The minimum Gasteiger partial charge on any atom is -0.385 e. The number of aromatic nitrogens is 4. The highest BCUT2D eigenvalue weighted by Gasteiger charge is 2.31. The Morgan fingerprint density at radius 1 is 1.32 bits per heavy atom. The Balaban J connectivity index is 1.67. The summed E-state index contributed by atoms with van der Waals surface area (Å²) in [5.41, 5.74) is 1.34. The molecule has 6 nitrogen and oxygen atoms in total. The Hall–Kier alpha value is -1.99. The number of anilines is 1. The second-order valence-electron chi connectivity index (χ2n) is 8.32. The van der Waals surface area contributed by atoms with E-state index in [9.17, 15) is 5.11 Å². The summed E-state index contributed by atoms with van der Waals surface area (Å²) in [7, 11) is 1.94. The number of hydrogen-bond acceptors (Lipinski definition) is 6. The van der Waals surface area contributed by atoms with E-state index in [-0.39, 0.29) is 5.92 Å². The van der Waals surface area contributed by atoms with Crippen molar-refractivity contribution in [2.24, 2.45) is 18.9 Å². The highest BCUT2D eigenvalue weighted by molar-refractivity contribution is 7.17. The molecule has 7 heteroatoms. The van der Waals surface area contributed by atoms with Crippen molar-refractivity contribution >= 4 is 27.4 Å². The topological polar surface area (TPSA) is 67.1 Å². The zero-order valence-electron chi connectivity index (χ0n) is 17.1. The number of piperidine rings is 1. The zero-order valence-corrected chi connectivity index (χ0v) is 17.9. The molecule has 0 aromatic carbocycles. The molecule has 2 unspecified atom stereocenters. The molecule has 28 heavy (non-hydrogen) atoms. The molecule has 150 valence electrons. The molecule has 0 radical (unpaired) electrons. The summed E-state index contributed by atoms with van der Waals surface area (Å²) in [4.78, 5) is 17.3. The summed E-state index contributed by atoms with van der Waals surface area (Å²) >= 11 is 1.71. The lowest BCUT2D eigenvalue weighted by molar-refractivity contribution is 0.0874. The van der Waals surface area contributed by atoms with Gasteiger partial charge in [-0.15, -0.1) is 11.3 Å². The summed E-state index contributed by atoms with van der Waals surface area (Å²) < 4.78 is 1.91. The quantitative estimate of drug-likeness (QED) is 0.705. The van der Waals surface area contributed by atoms with Gasteiger partial charge in [-0.25, -0.2) is 15.0 Å². The van der Waals surface area contributed by atoms with E-state index in [0.29, 0.717) is 5.92 Å². The van der Waals surface area contributed by atoms with Gasteiger partial charge in [0.25, 0.3) is 0 Å². The summed E-state index contributed by atoms with van der Waals surface area (Å²) in [5.74, 6) is 3.33. The number of aryl methyl sites for hydroxylation is 2. The molecule has 1 aliphatic heterocycles. The number of imidazole rings is 1. The smallest absolute Gasteiger partial charge is 0.141 e. The molecule has 2 atom stereocenters. The van der Waals surface area contributed by atoms with Crippen LogP contribution in [0.3, 0.4) is 0 Å². The largest absolute Gasteiger partial charge is 0.385 e. The number of fused-ring (bicyclic) bond motifs is 1. The molecule has 1 N–H and O–H groups in total. The van der Waals surface area contributed by atoms with Gasteiger partial charge in [0.2, 0.25) is 0 Å². The lowest BCUT2D eigenvalue weighted by Crippen LogP contribution is -2.39. The number of aliphatic hydroxyl groups is 1. The van der Waals surface area contributed by atoms with Crippen molar-refractivity contribution in [1.29, 1.82) is 0 Å². The molecule has 1 aliphatic rings. The minimum atomic E-state index is -0.557. The van der Waals surface area contributed by atoms with Crippen molar-refractivity contribution in [1.82, 2.24) is 19.5 Å². The van der Waals surface area contributed by atoms with Gasteiger partial charge in [0.05, 0.1) is 5.39 Å². The van der Waals surface area contributed by atoms with Crippen LogP contribution in [0.5, 0.6) is 0 Å². The van der Waals surface area contributed by atoms with Crippen molar-refractivity contribution in [3.63, 3.8) is 0 Å². The maximum Gasteiger partial charge on any atom is 0.141 e. The van der Waals surface area contributed by atoms with Crippen molar-refractivity contribution < 1.29 is 5.11 Å². The van der Waals surface area contributed by atoms with Gasteiger partial charge in [0.1, 0.15) is 28.4 Å². The summed E-state index contributed by atoms with van der Waals surface area (Å²) in [6, 6.07) is 0. The van der Waals surface area contributed by atoms with E-state index in [2.05, 4.69) is 34.1 Å². The van der Waals surface area contributed by atoms with Gasteiger partial charge in [-0.1, -0.05) is 13.8 Å². The lowest BCUT2D eigenvalue weighted by Gasteiger charge is -2.36. The van der Waals surface area contributed by atoms with Gasteiger partial charge in [-0.3, -0.25) is 0 Å². The summed E-state index contributed by atoms with van der Waals surface area (Å²) in [6.45, 7) is 8.22. The molecule has 0 amide bonds. The van der Waals surface area contributed by atoms with Crippen LogP contribution in [0.15, 0.2) is 17.8 Å². The molecule has 0 spiro atoms. The molecule has 1 saturated heterocycles. The molecule has 0 aliphatic carbocycles. The van der Waals surface area contributed by atoms with Gasteiger partial charge in [-0.2, -0.15) is 0 Å². The second-order valence-corrected chi connectivity index (χ2v) is 9.18. The molecule has 0 bridgehead atoms. The summed E-state index contributed by atoms with van der Waals surface area (Å²) in [5, 5.41) is 14.4. The minimum absolute atomic E-state index is 0.146. The highest BCUT2D eigenvalue weighted by Crippen LogP contribution is 2.37. The number of aliphatic hydroxyl groups excluding tert-OH is 1. The molecule has 0 saturated carbocycles. The Bertz CT molecular complexity index is 963. The van der Waals surface area contributed by atoms with Gasteiger partial charge in [-0.05, 0) is 43.0 Å². The second kappa shape index (κ2) is 7.79. The fourth-order valence-electron chi connectivity index (χ4n) is 4.24. The van der Waals surface area contributed by atoms with E-state index in [1.54, 1.807) is 17.5 Å². The van der Waals surface area contributed by atoms with Crippen LogP contribution in [-0.2, 0) is 13.5 Å². The van der Waals surface area contributed by atoms with Crippen molar-refractivity contribution in [3.05, 3.63) is 35.0 Å². The van der Waals surface area contributed by atoms with Gasteiger partial charge in [0.15, 0.2) is 0 Å². The number of rotatable bonds is 5. The van der Waals surface area contributed by atoms with Gasteiger partial charge >= 0.3 is 0 Å². The van der Waals surface area contributed by atoms with E-state index in [4.69, 9.17) is 4.98 Å². The van der Waals surface area contributed by atoms with Crippen LogP contribution < -0.4 is 4.90 Å². The van der Waals surface area contributed by atoms with Crippen LogP contribution in [0.4, 0.5) is 5.82 Å². The summed E-state index contributed by atoms with van der Waals surface area (Å²) in [6.07, 6.45) is 6.16. The average Bonchev–Trinajstić information content (AvgIpc) is 3.26. The normalized spacial score (nSPS) is 18.9. The number of thiophene rings is 1. The zero-order chi connectivity index (χ0) is 19.8. The lowest BCUT2D eigenvalue weighted by atomic mass is 9.91. The first kappa shape index (κ1) is 19.3. The third kappa shape index (κ3) is 3.65. The van der Waals surface area contributed by atoms with E-state index in [0.717, 1.165) is 54.6 Å². The van der Waals surface area contributed by atoms with E-state index < -0.39 is 6.10 Å². The molecule has 1 fully saturated rings. The monoisotopic (exact) mass is 399 g/mol. The number of nitrogens with zero attached hydrogens (tertiary/aromatic N) is 5. The Morgan fingerprint density at radius 3 is 2.86 bits per heavy atom. The maximum absolute atomic E-state index is 10.9. The SMILES string of the molecule is Cc1nc(N2CCCC(C(O)c3nccn3C)C2)c2c(CC(C)C)csc2n1. The molecular formula is C21H29N5OS. The van der Waals surface area contributed by atoms with E-state index >= 15 is 0 Å². The molecule has 3 aromatic rings. The fourth-order valence-corrected chi connectivity index (χ4v) is 5.23. The third-order valence-corrected chi connectivity index (χ3v) is 6.48. The van der Waals surface area contributed by atoms with Crippen LogP contribution >= 0.6 is 11.3 Å². The third-order valence-electron chi connectivity index (χ3n) is 5.56. The molecule has 3 aromatic heterocycles. The van der Waals surface area contributed by atoms with E-state index in [1.807, 2.05) is 24.7 Å². The first-order chi connectivity index (χ1) is 13.4. The predicted molar refractivity (Wildman–Crippen MR) is 114 cm³/mol. The molecule has 4 heterocycles. The highest BCUT2D eigenvalue weighted by atomic mass is 32.1. The predicted octanol–water partition coefficient (Wildman–Crippen LogP) is 3.88. The molecular weight excluding hydrogens is 370 g/mol. The maximum atomic E-state index is 10.9. The van der Waals surface area contributed by atoms with Crippen molar-refractivity contribution in [3.8, 4) is 0 Å². The van der Waals surface area contributed by atoms with Crippen molar-refractivity contribution in [2.45, 2.75) is 46.1 Å². The Morgan fingerprint density at radius 2 is 2.14 bits per heavy atom. The first-order valence-electron chi connectivity index (χ1n) is 10.1. The van der Waals surface area contributed by atoms with Crippen LogP contribution in [0.1, 0.15) is 50.0 Å². The Labute approximate surface area is 170 Å². The van der Waals surface area contributed by atoms with Crippen LogP contribution in [-0.4, -0.2) is 37.7 Å². The van der Waals surface area contributed by atoms with Crippen molar-refractivity contribution in [2.75, 3.05) is 18.0 Å². The van der Waals surface area contributed by atoms with Gasteiger partial charge in [0, 0.05) is 38.4 Å². The average molecular weight is 400 g/mol. The number of hydrogen-bond donors (Lipinski definition) is 1. The standard InChI is InChI=1S/C21H29N5OS/c1-13(2)10-16-12-28-21-17(16)19(23-14(3)24-21)26-8-5-6-15(11-26)18(27)20-22-7-9-25(20)4/h7,9,12-13,15,18,27H,5-6,8,10-11H2,1-4H3. The van der Waals surface area contributed by atoms with Crippen LogP contribution in [0, 0.1) is 18.8 Å². The van der Waals surface area contributed by atoms with Crippen LogP contribution in [0.2, 0.25) is 0 Å². The first-order valence-corrected chi connectivity index (χ1v) is 11.0. The van der Waals surface area contributed by atoms with Crippen LogP contribution in [0.25, 0.3) is 10.2 Å². The fraction of sp³-hybridized carbons (Fsp3) is 0.571.